The maximum atomic E-state index is 5.84. The zero-order valence-electron chi connectivity index (χ0n) is 11.3. The highest BCUT2D eigenvalue weighted by Gasteiger charge is 2.34. The molecule has 2 aliphatic rings. The summed E-state index contributed by atoms with van der Waals surface area (Å²) >= 11 is 0. The van der Waals surface area contributed by atoms with Gasteiger partial charge < -0.3 is 9.64 Å². The van der Waals surface area contributed by atoms with Gasteiger partial charge in [-0.25, -0.2) is 4.99 Å². The second-order valence-corrected chi connectivity index (χ2v) is 5.26. The van der Waals surface area contributed by atoms with E-state index in [9.17, 15) is 0 Å². The van der Waals surface area contributed by atoms with Gasteiger partial charge >= 0.3 is 0 Å². The average molecular weight is 248 g/mol. The summed E-state index contributed by atoms with van der Waals surface area (Å²) in [6.07, 6.45) is 5.03. The van der Waals surface area contributed by atoms with Crippen molar-refractivity contribution < 1.29 is 4.74 Å². The summed E-state index contributed by atoms with van der Waals surface area (Å²) in [5, 5.41) is 4.22. The first-order chi connectivity index (χ1) is 8.63. The summed E-state index contributed by atoms with van der Waals surface area (Å²) < 4.78 is 7.70. The Hall–Kier alpha value is -1.36. The summed E-state index contributed by atoms with van der Waals surface area (Å²) in [6.45, 7) is 6.08. The minimum absolute atomic E-state index is 0.406. The molecule has 1 aromatic heterocycles. The number of ether oxygens (including phenoxy) is 1. The molecule has 3 rings (SSSR count). The predicted octanol–water partition coefficient (Wildman–Crippen LogP) is 1.64. The van der Waals surface area contributed by atoms with Crippen LogP contribution in [0.1, 0.15) is 25.5 Å². The molecule has 3 heterocycles. The molecular weight excluding hydrogens is 228 g/mol. The lowest BCUT2D eigenvalue weighted by molar-refractivity contribution is -0.0158. The van der Waals surface area contributed by atoms with Gasteiger partial charge in [0.05, 0.1) is 24.1 Å². The van der Waals surface area contributed by atoms with E-state index >= 15 is 0 Å². The Labute approximate surface area is 107 Å². The number of fused-ring (bicyclic) bond motifs is 2. The van der Waals surface area contributed by atoms with Gasteiger partial charge in [0.1, 0.15) is 11.5 Å². The van der Waals surface area contributed by atoms with Gasteiger partial charge in [-0.15, -0.1) is 0 Å². The van der Waals surface area contributed by atoms with E-state index in [0.29, 0.717) is 12.2 Å². The summed E-state index contributed by atoms with van der Waals surface area (Å²) in [6, 6.07) is 0. The number of aryl methyl sites for hydroxylation is 1. The SMILES string of the molecule is C/C(=N\c1cnn(C)c1C)N1CC2CCC(C1)O2. The average Bonchev–Trinajstić information content (AvgIpc) is 2.85. The number of rotatable bonds is 1. The first kappa shape index (κ1) is 11.7. The Morgan fingerprint density at radius 1 is 1.39 bits per heavy atom. The van der Waals surface area contributed by atoms with E-state index in [2.05, 4.69) is 16.9 Å². The minimum Gasteiger partial charge on any atom is -0.371 e. The van der Waals surface area contributed by atoms with Crippen LogP contribution in [-0.4, -0.2) is 45.8 Å². The number of aromatic nitrogens is 2. The van der Waals surface area contributed by atoms with Crippen molar-refractivity contribution >= 4 is 11.5 Å². The molecule has 2 fully saturated rings. The lowest BCUT2D eigenvalue weighted by Gasteiger charge is -2.33. The fraction of sp³-hybridized carbons (Fsp3) is 0.692. The topological polar surface area (TPSA) is 42.7 Å². The molecule has 0 radical (unpaired) electrons. The Balaban J connectivity index is 1.78. The summed E-state index contributed by atoms with van der Waals surface area (Å²) in [4.78, 5) is 7.05. The highest BCUT2D eigenvalue weighted by Crippen LogP contribution is 2.27. The van der Waals surface area contributed by atoms with Crippen molar-refractivity contribution in [3.8, 4) is 0 Å². The van der Waals surface area contributed by atoms with Crippen LogP contribution in [0, 0.1) is 6.92 Å². The summed E-state index contributed by atoms with van der Waals surface area (Å²) in [5.41, 5.74) is 2.07. The molecule has 2 unspecified atom stereocenters. The molecule has 2 aliphatic heterocycles. The molecule has 0 aliphatic carbocycles. The lowest BCUT2D eigenvalue weighted by atomic mass is 10.2. The highest BCUT2D eigenvalue weighted by atomic mass is 16.5. The standard InChI is InChI=1S/C13H20N4O/c1-9-13(6-14-16(9)3)15-10(2)17-7-11-4-5-12(8-17)18-11/h6,11-12H,4-5,7-8H2,1-3H3/b15-10+. The van der Waals surface area contributed by atoms with E-state index in [4.69, 9.17) is 9.73 Å². The van der Waals surface area contributed by atoms with Gasteiger partial charge in [0.15, 0.2) is 0 Å². The second-order valence-electron chi connectivity index (χ2n) is 5.26. The third kappa shape index (κ3) is 2.03. The summed E-state index contributed by atoms with van der Waals surface area (Å²) in [7, 11) is 1.94. The van der Waals surface area contributed by atoms with E-state index in [1.165, 1.54) is 12.8 Å². The van der Waals surface area contributed by atoms with E-state index in [0.717, 1.165) is 30.3 Å². The number of morpholine rings is 1. The fourth-order valence-electron chi connectivity index (χ4n) is 2.72. The van der Waals surface area contributed by atoms with Crippen LogP contribution in [0.4, 0.5) is 5.69 Å². The molecule has 1 aromatic rings. The van der Waals surface area contributed by atoms with Crippen LogP contribution < -0.4 is 0 Å². The second kappa shape index (κ2) is 4.39. The van der Waals surface area contributed by atoms with Gasteiger partial charge in [-0.1, -0.05) is 0 Å². The Morgan fingerprint density at radius 3 is 2.61 bits per heavy atom. The smallest absolute Gasteiger partial charge is 0.106 e. The van der Waals surface area contributed by atoms with Gasteiger partial charge in [0, 0.05) is 20.1 Å². The first-order valence-electron chi connectivity index (χ1n) is 6.58. The Kier molecular flexibility index (Phi) is 2.86. The molecule has 0 spiro atoms. The van der Waals surface area contributed by atoms with E-state index in [1.54, 1.807) is 0 Å². The van der Waals surface area contributed by atoms with Crippen LogP contribution in [0.25, 0.3) is 0 Å². The Bertz CT molecular complexity index is 467. The number of aliphatic imine (C=N–C) groups is 1. The maximum absolute atomic E-state index is 5.84. The molecule has 0 amide bonds. The van der Waals surface area contributed by atoms with Crippen molar-refractivity contribution in [2.75, 3.05) is 13.1 Å². The van der Waals surface area contributed by atoms with Crippen LogP contribution >= 0.6 is 0 Å². The third-order valence-corrected chi connectivity index (χ3v) is 3.99. The number of amidine groups is 1. The van der Waals surface area contributed by atoms with Gasteiger partial charge in [0.2, 0.25) is 0 Å². The zero-order chi connectivity index (χ0) is 12.7. The number of likely N-dealkylation sites (tertiary alicyclic amines) is 1. The largest absolute Gasteiger partial charge is 0.371 e. The molecule has 2 saturated heterocycles. The Morgan fingerprint density at radius 2 is 2.06 bits per heavy atom. The molecule has 5 heteroatoms. The predicted molar refractivity (Wildman–Crippen MR) is 70.2 cm³/mol. The van der Waals surface area contributed by atoms with Crippen LogP contribution in [-0.2, 0) is 11.8 Å². The molecule has 18 heavy (non-hydrogen) atoms. The molecule has 5 nitrogen and oxygen atoms in total. The number of nitrogens with zero attached hydrogens (tertiary/aromatic N) is 4. The van der Waals surface area contributed by atoms with Crippen molar-refractivity contribution in [3.05, 3.63) is 11.9 Å². The number of hydrogen-bond donors (Lipinski definition) is 0. The van der Waals surface area contributed by atoms with Crippen molar-refractivity contribution in [2.24, 2.45) is 12.0 Å². The van der Waals surface area contributed by atoms with Crippen LogP contribution in [0.3, 0.4) is 0 Å². The zero-order valence-corrected chi connectivity index (χ0v) is 11.3. The van der Waals surface area contributed by atoms with Crippen LogP contribution in [0.15, 0.2) is 11.2 Å². The number of hydrogen-bond acceptors (Lipinski definition) is 3. The van der Waals surface area contributed by atoms with Crippen molar-refractivity contribution in [1.82, 2.24) is 14.7 Å². The van der Waals surface area contributed by atoms with E-state index in [1.807, 2.05) is 24.9 Å². The molecule has 0 N–H and O–H groups in total. The molecule has 2 bridgehead atoms. The van der Waals surface area contributed by atoms with Gasteiger partial charge in [-0.05, 0) is 26.7 Å². The summed E-state index contributed by atoms with van der Waals surface area (Å²) in [5.74, 6) is 1.08. The molecule has 2 atom stereocenters. The lowest BCUT2D eigenvalue weighted by Crippen LogP contribution is -2.44. The molecule has 0 aromatic carbocycles. The van der Waals surface area contributed by atoms with Crippen molar-refractivity contribution in [1.29, 1.82) is 0 Å². The highest BCUT2D eigenvalue weighted by molar-refractivity contribution is 5.83. The third-order valence-electron chi connectivity index (χ3n) is 3.99. The van der Waals surface area contributed by atoms with Gasteiger partial charge in [-0.3, -0.25) is 4.68 Å². The van der Waals surface area contributed by atoms with E-state index < -0.39 is 0 Å². The molecule has 98 valence electrons. The quantitative estimate of drug-likeness (QED) is 0.560. The monoisotopic (exact) mass is 248 g/mol. The van der Waals surface area contributed by atoms with Crippen molar-refractivity contribution in [2.45, 2.75) is 38.9 Å². The fourth-order valence-corrected chi connectivity index (χ4v) is 2.72. The first-order valence-corrected chi connectivity index (χ1v) is 6.58. The van der Waals surface area contributed by atoms with Gasteiger partial charge in [0.25, 0.3) is 0 Å². The maximum Gasteiger partial charge on any atom is 0.106 e. The van der Waals surface area contributed by atoms with E-state index in [-0.39, 0.29) is 0 Å². The van der Waals surface area contributed by atoms with Crippen LogP contribution in [0.2, 0.25) is 0 Å². The molecule has 0 saturated carbocycles. The van der Waals surface area contributed by atoms with Gasteiger partial charge in [-0.2, -0.15) is 5.10 Å². The normalized spacial score (nSPS) is 27.9. The molecular formula is C13H20N4O. The van der Waals surface area contributed by atoms with Crippen molar-refractivity contribution in [3.63, 3.8) is 0 Å². The van der Waals surface area contributed by atoms with Crippen LogP contribution in [0.5, 0.6) is 0 Å². The minimum atomic E-state index is 0.406.